The number of hydrogen-bond acceptors (Lipinski definition) is 4. The van der Waals surface area contributed by atoms with Gasteiger partial charge in [0.25, 0.3) is 0 Å². The summed E-state index contributed by atoms with van der Waals surface area (Å²) in [6.45, 7) is 0.522. The molecule has 5 nitrogen and oxygen atoms in total. The quantitative estimate of drug-likeness (QED) is 0.936. The summed E-state index contributed by atoms with van der Waals surface area (Å²) in [6.07, 6.45) is 7.81. The van der Waals surface area contributed by atoms with E-state index in [9.17, 15) is 4.79 Å². The first kappa shape index (κ1) is 14.5. The van der Waals surface area contributed by atoms with Gasteiger partial charge in [-0.15, -0.1) is 0 Å². The molecule has 0 saturated carbocycles. The van der Waals surface area contributed by atoms with Gasteiger partial charge in [-0.25, -0.2) is 0 Å². The van der Waals surface area contributed by atoms with Crippen LogP contribution in [0.3, 0.4) is 0 Å². The van der Waals surface area contributed by atoms with Crippen LogP contribution in [-0.4, -0.2) is 28.5 Å². The van der Waals surface area contributed by atoms with Crippen LogP contribution < -0.4 is 10.1 Å². The fourth-order valence-corrected chi connectivity index (χ4v) is 2.57. The minimum absolute atomic E-state index is 0.0326. The van der Waals surface area contributed by atoms with E-state index in [0.29, 0.717) is 19.4 Å². The highest BCUT2D eigenvalue weighted by molar-refractivity contribution is 5.76. The number of fused-ring (bicyclic) bond motifs is 1. The number of carbonyl (C=O) groups is 1. The Bertz CT molecular complexity index is 604. The summed E-state index contributed by atoms with van der Waals surface area (Å²) in [6, 6.07) is 8.10. The third-order valence-electron chi connectivity index (χ3n) is 3.76. The Labute approximate surface area is 129 Å². The fraction of sp³-hybridized carbons (Fsp3) is 0.353. The summed E-state index contributed by atoms with van der Waals surface area (Å²) in [5, 5.41) is 3.05. The number of amides is 1. The zero-order chi connectivity index (χ0) is 15.2. The van der Waals surface area contributed by atoms with Gasteiger partial charge in [0.05, 0.1) is 11.7 Å². The molecular weight excluding hydrogens is 278 g/mol. The van der Waals surface area contributed by atoms with Crippen LogP contribution in [0.4, 0.5) is 0 Å². The third-order valence-corrected chi connectivity index (χ3v) is 3.76. The molecule has 114 valence electrons. The molecule has 2 heterocycles. The molecule has 22 heavy (non-hydrogen) atoms. The maximum absolute atomic E-state index is 12.1. The number of hydrogen-bond donors (Lipinski definition) is 1. The first-order chi connectivity index (χ1) is 10.8. The van der Waals surface area contributed by atoms with Gasteiger partial charge in [-0.2, -0.15) is 0 Å². The van der Waals surface area contributed by atoms with Crippen molar-refractivity contribution in [2.75, 3.05) is 6.61 Å². The normalized spacial score (nSPS) is 17.0. The molecule has 3 rings (SSSR count). The van der Waals surface area contributed by atoms with Crippen molar-refractivity contribution in [1.82, 2.24) is 15.3 Å². The monoisotopic (exact) mass is 297 g/mol. The summed E-state index contributed by atoms with van der Waals surface area (Å²) in [7, 11) is 0. The first-order valence-electron chi connectivity index (χ1n) is 7.56. The molecule has 0 saturated heterocycles. The van der Waals surface area contributed by atoms with Crippen molar-refractivity contribution in [2.45, 2.75) is 31.7 Å². The maximum Gasteiger partial charge on any atom is 0.220 e. The second-order valence-corrected chi connectivity index (χ2v) is 5.42. The molecule has 2 aromatic rings. The average molecular weight is 297 g/mol. The summed E-state index contributed by atoms with van der Waals surface area (Å²) in [4.78, 5) is 20.2. The summed E-state index contributed by atoms with van der Waals surface area (Å²) in [5.74, 6) is 0.962. The van der Waals surface area contributed by atoms with E-state index in [4.69, 9.17) is 4.74 Å². The van der Waals surface area contributed by atoms with Gasteiger partial charge in [0.2, 0.25) is 5.91 Å². The van der Waals surface area contributed by atoms with Crippen LogP contribution >= 0.6 is 0 Å². The van der Waals surface area contributed by atoms with Crippen LogP contribution in [-0.2, 0) is 17.6 Å². The molecule has 0 bridgehead atoms. The van der Waals surface area contributed by atoms with Crippen LogP contribution in [0, 0.1) is 0 Å². The molecule has 1 aliphatic heterocycles. The smallest absolute Gasteiger partial charge is 0.220 e. The van der Waals surface area contributed by atoms with E-state index in [1.54, 1.807) is 18.6 Å². The molecule has 0 fully saturated rings. The van der Waals surface area contributed by atoms with Gasteiger partial charge in [-0.05, 0) is 30.9 Å². The number of aryl methyl sites for hydroxylation is 2. The summed E-state index contributed by atoms with van der Waals surface area (Å²) in [5.41, 5.74) is 2.04. The molecule has 1 aliphatic rings. The minimum atomic E-state index is 0.0326. The van der Waals surface area contributed by atoms with Crippen molar-refractivity contribution < 1.29 is 9.53 Å². The zero-order valence-corrected chi connectivity index (χ0v) is 12.4. The van der Waals surface area contributed by atoms with Crippen molar-refractivity contribution in [2.24, 2.45) is 0 Å². The molecule has 1 aromatic carbocycles. The van der Waals surface area contributed by atoms with E-state index >= 15 is 0 Å². The predicted molar refractivity (Wildman–Crippen MR) is 82.5 cm³/mol. The average Bonchev–Trinajstić information content (AvgIpc) is 2.77. The standard InChI is InChI=1S/C17H19N3O2/c21-17(8-7-14-11-18-9-10-19-14)20-15-6-5-13-3-1-2-4-16(13)22-12-15/h1-4,9-11,15H,5-8,12H2,(H,20,21). The fourth-order valence-electron chi connectivity index (χ4n) is 2.57. The second kappa shape index (κ2) is 7.02. The summed E-state index contributed by atoms with van der Waals surface area (Å²) >= 11 is 0. The van der Waals surface area contributed by atoms with Gasteiger partial charge in [-0.3, -0.25) is 14.8 Å². The molecule has 1 atom stereocenters. The molecule has 1 N–H and O–H groups in total. The first-order valence-corrected chi connectivity index (χ1v) is 7.56. The lowest BCUT2D eigenvalue weighted by atomic mass is 10.1. The number of rotatable bonds is 4. The van der Waals surface area contributed by atoms with Crippen LogP contribution in [0.1, 0.15) is 24.1 Å². The van der Waals surface area contributed by atoms with Crippen LogP contribution in [0.5, 0.6) is 5.75 Å². The summed E-state index contributed by atoms with van der Waals surface area (Å²) < 4.78 is 5.79. The third kappa shape index (κ3) is 3.81. The lowest BCUT2D eigenvalue weighted by molar-refractivity contribution is -0.122. The Hall–Kier alpha value is -2.43. The van der Waals surface area contributed by atoms with Crippen molar-refractivity contribution in [3.8, 4) is 5.75 Å². The van der Waals surface area contributed by atoms with Crippen molar-refractivity contribution in [1.29, 1.82) is 0 Å². The van der Waals surface area contributed by atoms with Crippen LogP contribution in [0.25, 0.3) is 0 Å². The van der Waals surface area contributed by atoms with Crippen LogP contribution in [0.15, 0.2) is 42.9 Å². The van der Waals surface area contributed by atoms with E-state index in [2.05, 4.69) is 21.4 Å². The largest absolute Gasteiger partial charge is 0.491 e. The zero-order valence-electron chi connectivity index (χ0n) is 12.4. The number of benzene rings is 1. The van der Waals surface area contributed by atoms with Gasteiger partial charge < -0.3 is 10.1 Å². The van der Waals surface area contributed by atoms with Crippen molar-refractivity contribution >= 4 is 5.91 Å². The molecule has 0 spiro atoms. The molecule has 0 aliphatic carbocycles. The lowest BCUT2D eigenvalue weighted by Crippen LogP contribution is -2.38. The molecule has 1 aromatic heterocycles. The molecule has 0 radical (unpaired) electrons. The highest BCUT2D eigenvalue weighted by Crippen LogP contribution is 2.23. The molecule has 1 unspecified atom stereocenters. The minimum Gasteiger partial charge on any atom is -0.491 e. The van der Waals surface area contributed by atoms with Gasteiger partial charge in [0.15, 0.2) is 0 Å². The highest BCUT2D eigenvalue weighted by Gasteiger charge is 2.18. The van der Waals surface area contributed by atoms with Crippen molar-refractivity contribution in [3.05, 3.63) is 54.1 Å². The lowest BCUT2D eigenvalue weighted by Gasteiger charge is -2.16. The predicted octanol–water partition coefficient (Wildman–Crippen LogP) is 1.92. The number of nitrogens with zero attached hydrogens (tertiary/aromatic N) is 2. The van der Waals surface area contributed by atoms with Gasteiger partial charge >= 0.3 is 0 Å². The topological polar surface area (TPSA) is 64.1 Å². The van der Waals surface area contributed by atoms with E-state index < -0.39 is 0 Å². The number of carbonyl (C=O) groups excluding carboxylic acids is 1. The molecular formula is C17H19N3O2. The highest BCUT2D eigenvalue weighted by atomic mass is 16.5. The second-order valence-electron chi connectivity index (χ2n) is 5.42. The van der Waals surface area contributed by atoms with Gasteiger partial charge in [-0.1, -0.05) is 18.2 Å². The number of nitrogens with one attached hydrogen (secondary N) is 1. The van der Waals surface area contributed by atoms with E-state index in [-0.39, 0.29) is 11.9 Å². The Balaban J connectivity index is 1.48. The maximum atomic E-state index is 12.1. The Morgan fingerprint density at radius 3 is 3.09 bits per heavy atom. The number of para-hydroxylation sites is 1. The number of aromatic nitrogens is 2. The van der Waals surface area contributed by atoms with Gasteiger partial charge in [0.1, 0.15) is 12.4 Å². The van der Waals surface area contributed by atoms with E-state index in [1.807, 2.05) is 18.2 Å². The SMILES string of the molecule is O=C(CCc1cnccn1)NC1CCc2ccccc2OC1. The van der Waals surface area contributed by atoms with E-state index in [1.165, 1.54) is 5.56 Å². The number of ether oxygens (including phenoxy) is 1. The van der Waals surface area contributed by atoms with Crippen LogP contribution in [0.2, 0.25) is 0 Å². The Morgan fingerprint density at radius 1 is 1.32 bits per heavy atom. The Morgan fingerprint density at radius 2 is 2.23 bits per heavy atom. The molecule has 1 amide bonds. The van der Waals surface area contributed by atoms with E-state index in [0.717, 1.165) is 24.3 Å². The molecule has 5 heteroatoms. The van der Waals surface area contributed by atoms with Gasteiger partial charge in [0, 0.05) is 25.0 Å². The Kier molecular flexibility index (Phi) is 4.63. The van der Waals surface area contributed by atoms with Crippen molar-refractivity contribution in [3.63, 3.8) is 0 Å².